The lowest BCUT2D eigenvalue weighted by Crippen LogP contribution is -1.93. The van der Waals surface area contributed by atoms with Crippen LogP contribution in [0.25, 0.3) is 16.2 Å². The average Bonchev–Trinajstić information content (AvgIpc) is 2.94. The number of pyridine rings is 1. The van der Waals surface area contributed by atoms with Crippen LogP contribution in [-0.2, 0) is 6.42 Å². The van der Waals surface area contributed by atoms with Gasteiger partial charge in [0, 0.05) is 11.1 Å². The number of imidazole rings is 1. The van der Waals surface area contributed by atoms with Gasteiger partial charge < -0.3 is 5.73 Å². The summed E-state index contributed by atoms with van der Waals surface area (Å²) in [6.07, 6.45) is 3.03. The highest BCUT2D eigenvalue weighted by molar-refractivity contribution is 7.15. The molecule has 0 bridgehead atoms. The Balaban J connectivity index is 2.20. The Kier molecular flexibility index (Phi) is 2.59. The van der Waals surface area contributed by atoms with Crippen molar-refractivity contribution in [2.24, 2.45) is 0 Å². The molecule has 3 nitrogen and oxygen atoms in total. The minimum absolute atomic E-state index is 0.717. The molecule has 0 radical (unpaired) electrons. The van der Waals surface area contributed by atoms with Crippen molar-refractivity contribution in [2.75, 3.05) is 5.73 Å². The van der Waals surface area contributed by atoms with Crippen molar-refractivity contribution in [3.8, 4) is 10.6 Å². The Labute approximate surface area is 110 Å². The van der Waals surface area contributed by atoms with Gasteiger partial charge >= 0.3 is 0 Å². The summed E-state index contributed by atoms with van der Waals surface area (Å²) in [6, 6.07) is 8.35. The number of rotatable bonds is 2. The number of thiophene rings is 1. The summed E-state index contributed by atoms with van der Waals surface area (Å²) in [5.41, 5.74) is 9.18. The van der Waals surface area contributed by atoms with Crippen molar-refractivity contribution in [1.29, 1.82) is 0 Å². The van der Waals surface area contributed by atoms with E-state index >= 15 is 0 Å². The van der Waals surface area contributed by atoms with Crippen LogP contribution in [0.2, 0.25) is 0 Å². The van der Waals surface area contributed by atoms with E-state index < -0.39 is 0 Å². The lowest BCUT2D eigenvalue weighted by molar-refractivity contribution is 1.18. The van der Waals surface area contributed by atoms with Crippen molar-refractivity contribution < 1.29 is 0 Å². The molecule has 3 aromatic rings. The second-order valence-electron chi connectivity index (χ2n) is 4.40. The molecule has 2 N–H and O–H groups in total. The first kappa shape index (κ1) is 11.3. The van der Waals surface area contributed by atoms with Gasteiger partial charge in [-0.05, 0) is 43.2 Å². The van der Waals surface area contributed by atoms with Gasteiger partial charge in [-0.1, -0.05) is 6.92 Å². The number of anilines is 1. The van der Waals surface area contributed by atoms with Crippen molar-refractivity contribution in [3.05, 3.63) is 40.9 Å². The van der Waals surface area contributed by atoms with E-state index in [4.69, 9.17) is 5.73 Å². The Hall–Kier alpha value is -1.81. The summed E-state index contributed by atoms with van der Waals surface area (Å²) < 4.78 is 1.94. The predicted octanol–water partition coefficient (Wildman–Crippen LogP) is 3.52. The highest BCUT2D eigenvalue weighted by Crippen LogP contribution is 2.32. The fourth-order valence-electron chi connectivity index (χ4n) is 2.04. The molecule has 3 heterocycles. The molecule has 3 aromatic heterocycles. The highest BCUT2D eigenvalue weighted by Gasteiger charge is 2.12. The van der Waals surface area contributed by atoms with Gasteiger partial charge in [0.05, 0.1) is 4.88 Å². The molecule has 0 saturated carbocycles. The van der Waals surface area contributed by atoms with Crippen molar-refractivity contribution in [1.82, 2.24) is 9.38 Å². The molecule has 0 aliphatic heterocycles. The number of aryl methyl sites for hydroxylation is 2. The topological polar surface area (TPSA) is 43.3 Å². The van der Waals surface area contributed by atoms with E-state index in [1.807, 2.05) is 22.7 Å². The van der Waals surface area contributed by atoms with Gasteiger partial charge in [-0.2, -0.15) is 0 Å². The van der Waals surface area contributed by atoms with E-state index in [0.29, 0.717) is 0 Å². The molecule has 0 amide bonds. The first-order valence-electron chi connectivity index (χ1n) is 6.02. The zero-order valence-electron chi connectivity index (χ0n) is 10.5. The molecular formula is C14H15N3S. The summed E-state index contributed by atoms with van der Waals surface area (Å²) >= 11 is 1.76. The van der Waals surface area contributed by atoms with Crippen LogP contribution < -0.4 is 5.73 Å². The van der Waals surface area contributed by atoms with Crippen molar-refractivity contribution in [3.63, 3.8) is 0 Å². The number of nitrogens with zero attached hydrogens (tertiary/aromatic N) is 2. The van der Waals surface area contributed by atoms with Crippen LogP contribution in [0.3, 0.4) is 0 Å². The third-order valence-corrected chi connectivity index (χ3v) is 4.30. The van der Waals surface area contributed by atoms with E-state index in [9.17, 15) is 0 Å². The molecule has 18 heavy (non-hydrogen) atoms. The lowest BCUT2D eigenvalue weighted by atomic mass is 10.3. The molecule has 0 atom stereocenters. The molecule has 0 spiro atoms. The smallest absolute Gasteiger partial charge is 0.139 e. The third-order valence-electron chi connectivity index (χ3n) is 3.06. The maximum atomic E-state index is 6.18. The van der Waals surface area contributed by atoms with Crippen LogP contribution in [0.1, 0.15) is 17.4 Å². The first-order chi connectivity index (χ1) is 8.69. The Morgan fingerprint density at radius 1 is 1.33 bits per heavy atom. The molecule has 0 aliphatic rings. The monoisotopic (exact) mass is 257 g/mol. The van der Waals surface area contributed by atoms with Gasteiger partial charge in [0.1, 0.15) is 17.2 Å². The molecule has 4 heteroatoms. The highest BCUT2D eigenvalue weighted by atomic mass is 32.1. The minimum Gasteiger partial charge on any atom is -0.383 e. The van der Waals surface area contributed by atoms with Crippen LogP contribution in [0.4, 0.5) is 5.82 Å². The Bertz CT molecular complexity index is 709. The second-order valence-corrected chi connectivity index (χ2v) is 5.57. The predicted molar refractivity (Wildman–Crippen MR) is 77.0 cm³/mol. The molecule has 0 fully saturated rings. The molecule has 0 unspecified atom stereocenters. The van der Waals surface area contributed by atoms with Gasteiger partial charge in [-0.3, -0.25) is 4.40 Å². The summed E-state index contributed by atoms with van der Waals surface area (Å²) in [4.78, 5) is 7.14. The van der Waals surface area contributed by atoms with Gasteiger partial charge in [0.2, 0.25) is 0 Å². The van der Waals surface area contributed by atoms with Gasteiger partial charge in [-0.25, -0.2) is 4.98 Å². The summed E-state index contributed by atoms with van der Waals surface area (Å²) in [6.45, 7) is 4.22. The standard InChI is InChI=1S/C14H15N3S/c1-3-10-4-5-11(18-10)13-14(15)17-7-6-9(2)8-12(17)16-13/h4-8H,3,15H2,1-2H3. The normalized spacial score (nSPS) is 11.2. The number of hydrogen-bond donors (Lipinski definition) is 1. The minimum atomic E-state index is 0.717. The van der Waals surface area contributed by atoms with E-state index in [0.717, 1.165) is 28.5 Å². The fourth-order valence-corrected chi connectivity index (χ4v) is 2.99. The number of hydrogen-bond acceptors (Lipinski definition) is 3. The largest absolute Gasteiger partial charge is 0.383 e. The van der Waals surface area contributed by atoms with E-state index in [1.54, 1.807) is 11.3 Å². The van der Waals surface area contributed by atoms with E-state index in [1.165, 1.54) is 10.4 Å². The first-order valence-corrected chi connectivity index (χ1v) is 6.84. The molecule has 92 valence electrons. The summed E-state index contributed by atoms with van der Waals surface area (Å²) in [5.74, 6) is 0.717. The number of nitrogen functional groups attached to an aromatic ring is 1. The van der Waals surface area contributed by atoms with Gasteiger partial charge in [-0.15, -0.1) is 11.3 Å². The Morgan fingerprint density at radius 2 is 2.17 bits per heavy atom. The average molecular weight is 257 g/mol. The molecule has 0 aromatic carbocycles. The van der Waals surface area contributed by atoms with Crippen LogP contribution in [0.5, 0.6) is 0 Å². The third kappa shape index (κ3) is 1.69. The van der Waals surface area contributed by atoms with Crippen molar-refractivity contribution >= 4 is 22.8 Å². The van der Waals surface area contributed by atoms with Crippen LogP contribution >= 0.6 is 11.3 Å². The van der Waals surface area contributed by atoms with Crippen LogP contribution in [0, 0.1) is 6.92 Å². The van der Waals surface area contributed by atoms with Crippen molar-refractivity contribution in [2.45, 2.75) is 20.3 Å². The van der Waals surface area contributed by atoms with Gasteiger partial charge in [0.15, 0.2) is 0 Å². The number of fused-ring (bicyclic) bond motifs is 1. The van der Waals surface area contributed by atoms with E-state index in [2.05, 4.69) is 31.0 Å². The van der Waals surface area contributed by atoms with Crippen LogP contribution in [0.15, 0.2) is 30.5 Å². The zero-order valence-corrected chi connectivity index (χ0v) is 11.3. The zero-order chi connectivity index (χ0) is 12.7. The second kappa shape index (κ2) is 4.14. The maximum Gasteiger partial charge on any atom is 0.139 e. The summed E-state index contributed by atoms with van der Waals surface area (Å²) in [5, 5.41) is 0. The number of aromatic nitrogens is 2. The van der Waals surface area contributed by atoms with E-state index in [-0.39, 0.29) is 0 Å². The molecule has 3 rings (SSSR count). The van der Waals surface area contributed by atoms with Crippen LogP contribution in [-0.4, -0.2) is 9.38 Å². The molecular weight excluding hydrogens is 242 g/mol. The van der Waals surface area contributed by atoms with Gasteiger partial charge in [0.25, 0.3) is 0 Å². The summed E-state index contributed by atoms with van der Waals surface area (Å²) in [7, 11) is 0. The lowest BCUT2D eigenvalue weighted by Gasteiger charge is -1.97. The SMILES string of the molecule is CCc1ccc(-c2nc3cc(C)ccn3c2N)s1. The molecule has 0 aliphatic carbocycles. The quantitative estimate of drug-likeness (QED) is 0.763. The maximum absolute atomic E-state index is 6.18. The molecule has 0 saturated heterocycles. The Morgan fingerprint density at radius 3 is 2.89 bits per heavy atom. The fraction of sp³-hybridized carbons (Fsp3) is 0.214. The number of nitrogens with two attached hydrogens (primary N) is 1.